The molecule has 0 aliphatic rings. The Balaban J connectivity index is 1.50. The third-order valence-corrected chi connectivity index (χ3v) is 6.21. The molecule has 0 atom stereocenters. The topological polar surface area (TPSA) is 25.8 Å². The fourth-order valence-corrected chi connectivity index (χ4v) is 4.68. The van der Waals surface area contributed by atoms with Crippen molar-refractivity contribution >= 4 is 43.8 Å². The zero-order chi connectivity index (χ0) is 19.2. The lowest BCUT2D eigenvalue weighted by atomic mass is 9.98. The molecule has 1 heterocycles. The Morgan fingerprint density at radius 3 is 2.24 bits per heavy atom. The van der Waals surface area contributed by atoms with Gasteiger partial charge in [-0.2, -0.15) is 4.37 Å². The Morgan fingerprint density at radius 1 is 0.552 bits per heavy atom. The Hall–Kier alpha value is -3.56. The maximum Gasteiger partial charge on any atom is 0.174 e. The molecule has 0 amide bonds. The third kappa shape index (κ3) is 2.71. The van der Waals surface area contributed by atoms with Gasteiger partial charge in [-0.15, -0.1) is 0 Å². The number of hydrogen-bond acceptors (Lipinski definition) is 3. The van der Waals surface area contributed by atoms with Crippen LogP contribution < -0.4 is 0 Å². The molecule has 0 radical (unpaired) electrons. The number of fused-ring (bicyclic) bond motifs is 4. The van der Waals surface area contributed by atoms with E-state index in [9.17, 15) is 0 Å². The molecule has 5 aromatic carbocycles. The fourth-order valence-electron chi connectivity index (χ4n) is 4.01. The highest BCUT2D eigenvalue weighted by molar-refractivity contribution is 7.09. The number of benzene rings is 5. The minimum absolute atomic E-state index is 0.791. The summed E-state index contributed by atoms with van der Waals surface area (Å²) in [5.74, 6) is 0.791. The Kier molecular flexibility index (Phi) is 3.68. The van der Waals surface area contributed by atoms with E-state index in [1.165, 1.54) is 43.8 Å². The largest absolute Gasteiger partial charge is 0.215 e. The van der Waals surface area contributed by atoms with E-state index < -0.39 is 0 Å². The average Bonchev–Trinajstić information content (AvgIpc) is 3.28. The van der Waals surface area contributed by atoms with Crippen LogP contribution in [-0.4, -0.2) is 9.36 Å². The van der Waals surface area contributed by atoms with Gasteiger partial charge >= 0.3 is 0 Å². The van der Waals surface area contributed by atoms with Crippen molar-refractivity contribution < 1.29 is 0 Å². The maximum atomic E-state index is 4.90. The molecule has 0 unspecified atom stereocenters. The molecule has 2 nitrogen and oxygen atoms in total. The van der Waals surface area contributed by atoms with Gasteiger partial charge in [0.15, 0.2) is 5.82 Å². The van der Waals surface area contributed by atoms with E-state index in [4.69, 9.17) is 9.36 Å². The standard InChI is InChI=1S/C26H16N2S/c1-2-8-19-16-20(13-12-17(19)6-1)26-27-25(28-29-26)24-11-5-10-22-21-9-4-3-7-18(21)14-15-23(22)24/h1-16H. The quantitative estimate of drug-likeness (QED) is 0.290. The van der Waals surface area contributed by atoms with Gasteiger partial charge in [-0.05, 0) is 49.9 Å². The molecule has 0 bridgehead atoms. The van der Waals surface area contributed by atoms with Crippen molar-refractivity contribution in [3.05, 3.63) is 97.1 Å². The summed E-state index contributed by atoms with van der Waals surface area (Å²) in [6.45, 7) is 0. The lowest BCUT2D eigenvalue weighted by Crippen LogP contribution is -1.85. The molecule has 0 saturated heterocycles. The summed E-state index contributed by atoms with van der Waals surface area (Å²) in [7, 11) is 0. The first kappa shape index (κ1) is 16.4. The fraction of sp³-hybridized carbons (Fsp3) is 0. The molecule has 0 fully saturated rings. The maximum absolute atomic E-state index is 4.90. The van der Waals surface area contributed by atoms with Gasteiger partial charge in [-0.3, -0.25) is 0 Å². The first-order valence-corrected chi connectivity index (χ1v) is 10.4. The van der Waals surface area contributed by atoms with Crippen LogP contribution >= 0.6 is 11.5 Å². The molecule has 6 rings (SSSR count). The van der Waals surface area contributed by atoms with Crippen molar-refractivity contribution in [2.45, 2.75) is 0 Å². The van der Waals surface area contributed by atoms with Gasteiger partial charge in [0.05, 0.1) is 0 Å². The smallest absolute Gasteiger partial charge is 0.174 e. The summed E-state index contributed by atoms with van der Waals surface area (Å²) in [5.41, 5.74) is 2.19. The van der Waals surface area contributed by atoms with E-state index in [1.54, 1.807) is 0 Å². The van der Waals surface area contributed by atoms with Gasteiger partial charge in [-0.1, -0.05) is 91.0 Å². The van der Waals surface area contributed by atoms with Crippen molar-refractivity contribution in [2.75, 3.05) is 0 Å². The Morgan fingerprint density at radius 2 is 1.31 bits per heavy atom. The van der Waals surface area contributed by atoms with Gasteiger partial charge in [0.1, 0.15) is 5.01 Å². The molecule has 29 heavy (non-hydrogen) atoms. The average molecular weight is 388 g/mol. The number of rotatable bonds is 2. The van der Waals surface area contributed by atoms with Crippen LogP contribution in [-0.2, 0) is 0 Å². The van der Waals surface area contributed by atoms with Crippen LogP contribution in [0.2, 0.25) is 0 Å². The van der Waals surface area contributed by atoms with E-state index in [1.807, 2.05) is 0 Å². The van der Waals surface area contributed by atoms with Crippen LogP contribution in [0.4, 0.5) is 0 Å². The second kappa shape index (κ2) is 6.50. The van der Waals surface area contributed by atoms with E-state index in [2.05, 4.69) is 97.1 Å². The Bertz CT molecular complexity index is 1510. The predicted molar refractivity (Wildman–Crippen MR) is 123 cm³/mol. The molecule has 136 valence electrons. The lowest BCUT2D eigenvalue weighted by molar-refractivity contribution is 1.33. The van der Waals surface area contributed by atoms with Gasteiger partial charge in [0.2, 0.25) is 0 Å². The van der Waals surface area contributed by atoms with E-state index >= 15 is 0 Å². The van der Waals surface area contributed by atoms with Crippen molar-refractivity contribution in [2.24, 2.45) is 0 Å². The summed E-state index contributed by atoms with van der Waals surface area (Å²) < 4.78 is 4.70. The Labute approximate surface area is 172 Å². The van der Waals surface area contributed by atoms with Crippen molar-refractivity contribution in [1.82, 2.24) is 9.36 Å². The number of aromatic nitrogens is 2. The molecule has 0 N–H and O–H groups in total. The molecule has 0 saturated carbocycles. The highest BCUT2D eigenvalue weighted by Gasteiger charge is 2.12. The second-order valence-electron chi connectivity index (χ2n) is 7.17. The molecule has 3 heteroatoms. The van der Waals surface area contributed by atoms with Crippen LogP contribution in [0.1, 0.15) is 0 Å². The van der Waals surface area contributed by atoms with Crippen LogP contribution in [0.25, 0.3) is 54.3 Å². The van der Waals surface area contributed by atoms with Crippen molar-refractivity contribution in [3.63, 3.8) is 0 Å². The van der Waals surface area contributed by atoms with Crippen LogP contribution in [0, 0.1) is 0 Å². The molecule has 0 aliphatic carbocycles. The predicted octanol–water partition coefficient (Wildman–Crippen LogP) is 7.33. The summed E-state index contributed by atoms with van der Waals surface area (Å²) in [6.07, 6.45) is 0. The second-order valence-corrected chi connectivity index (χ2v) is 7.92. The molecular weight excluding hydrogens is 372 g/mol. The molecular formula is C26H16N2S. The summed E-state index contributed by atoms with van der Waals surface area (Å²) in [6, 6.07) is 34.1. The molecule has 0 aliphatic heterocycles. The highest BCUT2D eigenvalue weighted by Crippen LogP contribution is 2.34. The van der Waals surface area contributed by atoms with Crippen LogP contribution in [0.3, 0.4) is 0 Å². The van der Waals surface area contributed by atoms with Gasteiger partial charge in [0, 0.05) is 11.1 Å². The number of nitrogens with zero attached hydrogens (tertiary/aromatic N) is 2. The highest BCUT2D eigenvalue weighted by atomic mass is 32.1. The summed E-state index contributed by atoms with van der Waals surface area (Å²) in [4.78, 5) is 4.90. The minimum atomic E-state index is 0.791. The van der Waals surface area contributed by atoms with E-state index in [0.29, 0.717) is 0 Å². The zero-order valence-electron chi connectivity index (χ0n) is 15.5. The molecule has 1 aromatic heterocycles. The normalized spacial score (nSPS) is 11.4. The van der Waals surface area contributed by atoms with Crippen LogP contribution in [0.15, 0.2) is 97.1 Å². The number of hydrogen-bond donors (Lipinski definition) is 0. The zero-order valence-corrected chi connectivity index (χ0v) is 16.4. The van der Waals surface area contributed by atoms with Gasteiger partial charge in [-0.25, -0.2) is 4.98 Å². The van der Waals surface area contributed by atoms with Crippen molar-refractivity contribution in [3.8, 4) is 22.0 Å². The van der Waals surface area contributed by atoms with E-state index in [0.717, 1.165) is 22.0 Å². The van der Waals surface area contributed by atoms with Crippen LogP contribution in [0.5, 0.6) is 0 Å². The van der Waals surface area contributed by atoms with Gasteiger partial charge in [0.25, 0.3) is 0 Å². The lowest BCUT2D eigenvalue weighted by Gasteiger charge is -2.07. The monoisotopic (exact) mass is 388 g/mol. The third-order valence-electron chi connectivity index (χ3n) is 5.45. The van der Waals surface area contributed by atoms with E-state index in [-0.39, 0.29) is 0 Å². The first-order valence-electron chi connectivity index (χ1n) is 9.60. The summed E-state index contributed by atoms with van der Waals surface area (Å²) >= 11 is 1.46. The van der Waals surface area contributed by atoms with Gasteiger partial charge < -0.3 is 0 Å². The minimum Gasteiger partial charge on any atom is -0.215 e. The first-order chi connectivity index (χ1) is 14.4. The SMILES string of the molecule is c1ccc2cc(-c3nc(-c4cccc5c4ccc4ccccc45)ns3)ccc2c1. The molecule has 6 aromatic rings. The van der Waals surface area contributed by atoms with Crippen molar-refractivity contribution in [1.29, 1.82) is 0 Å². The summed E-state index contributed by atoms with van der Waals surface area (Å²) in [5, 5.41) is 8.35. The molecule has 0 spiro atoms.